The number of rotatable bonds is 1. The average molecular weight is 132 g/mol. The molecule has 0 saturated heterocycles. The smallest absolute Gasteiger partial charge is 0.314 e. The van der Waals surface area contributed by atoms with E-state index in [1.807, 2.05) is 6.92 Å². The van der Waals surface area contributed by atoms with E-state index in [1.54, 1.807) is 0 Å². The van der Waals surface area contributed by atoms with Gasteiger partial charge in [0.05, 0.1) is 0 Å². The summed E-state index contributed by atoms with van der Waals surface area (Å²) >= 11 is 4.59. The zero-order chi connectivity index (χ0) is 5.98. The van der Waals surface area contributed by atoms with Crippen molar-refractivity contribution in [3.63, 3.8) is 0 Å². The van der Waals surface area contributed by atoms with Crippen LogP contribution in [0.4, 0.5) is 0 Å². The Balaban J connectivity index is 0.000000640. The first-order valence-electron chi connectivity index (χ1n) is 2.37. The van der Waals surface area contributed by atoms with Crippen molar-refractivity contribution in [3.8, 4) is 0 Å². The van der Waals surface area contributed by atoms with Gasteiger partial charge in [-0.15, -0.1) is 0 Å². The maximum Gasteiger partial charge on any atom is 0.314 e. The second-order valence-corrected chi connectivity index (χ2v) is 1.73. The van der Waals surface area contributed by atoms with Gasteiger partial charge < -0.3 is 4.52 Å². The molecule has 1 heterocycles. The van der Waals surface area contributed by atoms with Crippen LogP contribution in [0.25, 0.3) is 0 Å². The SMILES string of the molecule is CCc1nc(=S)o[nH]1.[HH]. The Morgan fingerprint density at radius 3 is 3.00 bits per heavy atom. The summed E-state index contributed by atoms with van der Waals surface area (Å²) in [6.07, 6.45) is 0.833. The molecule has 0 fully saturated rings. The summed E-state index contributed by atoms with van der Waals surface area (Å²) in [6, 6.07) is 0. The van der Waals surface area contributed by atoms with Gasteiger partial charge in [0.1, 0.15) is 5.82 Å². The topological polar surface area (TPSA) is 41.8 Å². The highest BCUT2D eigenvalue weighted by molar-refractivity contribution is 7.71. The quantitative estimate of drug-likeness (QED) is 0.589. The molecule has 0 spiro atoms. The fourth-order valence-electron chi connectivity index (χ4n) is 0.410. The van der Waals surface area contributed by atoms with Crippen LogP contribution in [0.15, 0.2) is 4.52 Å². The van der Waals surface area contributed by atoms with E-state index in [4.69, 9.17) is 0 Å². The summed E-state index contributed by atoms with van der Waals surface area (Å²) < 4.78 is 4.63. The van der Waals surface area contributed by atoms with Crippen LogP contribution in [0, 0.1) is 4.84 Å². The van der Waals surface area contributed by atoms with Crippen molar-refractivity contribution >= 4 is 12.2 Å². The highest BCUT2D eigenvalue weighted by atomic mass is 32.1. The molecule has 0 saturated carbocycles. The Morgan fingerprint density at radius 1 is 2.00 bits per heavy atom. The predicted octanol–water partition coefficient (Wildman–Crippen LogP) is 1.54. The Hall–Kier alpha value is -0.640. The van der Waals surface area contributed by atoms with Crippen LogP contribution in [0.2, 0.25) is 0 Å². The van der Waals surface area contributed by atoms with Gasteiger partial charge in [0.2, 0.25) is 0 Å². The summed E-state index contributed by atoms with van der Waals surface area (Å²) in [6.45, 7) is 1.98. The van der Waals surface area contributed by atoms with Gasteiger partial charge >= 0.3 is 4.84 Å². The predicted molar refractivity (Wildman–Crippen MR) is 33.2 cm³/mol. The second-order valence-electron chi connectivity index (χ2n) is 1.38. The van der Waals surface area contributed by atoms with E-state index >= 15 is 0 Å². The van der Waals surface area contributed by atoms with Crippen molar-refractivity contribution in [1.82, 2.24) is 10.1 Å². The minimum atomic E-state index is 0. The number of H-pyrrole nitrogens is 1. The summed E-state index contributed by atoms with van der Waals surface area (Å²) in [5.41, 5.74) is 0. The van der Waals surface area contributed by atoms with E-state index in [0.717, 1.165) is 12.2 Å². The minimum Gasteiger partial charge on any atom is -0.348 e. The molecule has 0 aliphatic rings. The maximum atomic E-state index is 4.63. The molecular weight excluding hydrogens is 124 g/mol. The van der Waals surface area contributed by atoms with E-state index in [0.29, 0.717) is 0 Å². The third-order valence-corrected chi connectivity index (χ3v) is 0.992. The number of aryl methyl sites for hydroxylation is 1. The molecule has 8 heavy (non-hydrogen) atoms. The van der Waals surface area contributed by atoms with Gasteiger partial charge in [0.25, 0.3) is 0 Å². The molecule has 0 aliphatic heterocycles. The van der Waals surface area contributed by atoms with E-state index in [2.05, 4.69) is 26.9 Å². The summed E-state index contributed by atoms with van der Waals surface area (Å²) in [7, 11) is 0. The fourth-order valence-corrected chi connectivity index (χ4v) is 0.561. The van der Waals surface area contributed by atoms with Crippen molar-refractivity contribution in [1.29, 1.82) is 0 Å². The molecule has 0 atom stereocenters. The molecule has 0 radical (unpaired) electrons. The van der Waals surface area contributed by atoms with E-state index in [1.165, 1.54) is 0 Å². The Bertz CT molecular complexity index is 218. The van der Waals surface area contributed by atoms with Crippen LogP contribution in [0.5, 0.6) is 0 Å². The summed E-state index contributed by atoms with van der Waals surface area (Å²) in [5, 5.41) is 2.56. The number of hydrogen-bond donors (Lipinski definition) is 1. The summed E-state index contributed by atoms with van der Waals surface area (Å²) in [5.74, 6) is 0.801. The fraction of sp³-hybridized carbons (Fsp3) is 0.500. The van der Waals surface area contributed by atoms with Crippen LogP contribution < -0.4 is 0 Å². The summed E-state index contributed by atoms with van der Waals surface area (Å²) in [4.78, 5) is 4.10. The van der Waals surface area contributed by atoms with Gasteiger partial charge in [-0.25, -0.2) is 5.16 Å². The maximum absolute atomic E-state index is 4.63. The molecule has 0 aliphatic carbocycles. The average Bonchev–Trinajstić information content (AvgIpc) is 2.14. The zero-order valence-corrected chi connectivity index (χ0v) is 5.29. The third kappa shape index (κ3) is 0.949. The molecular formula is C4H8N2OS. The molecule has 3 nitrogen and oxygen atoms in total. The van der Waals surface area contributed by atoms with Crippen LogP contribution in [-0.2, 0) is 6.42 Å². The second kappa shape index (κ2) is 2.09. The van der Waals surface area contributed by atoms with Crippen LogP contribution in [0.1, 0.15) is 14.2 Å². The number of hydrogen-bond acceptors (Lipinski definition) is 3. The molecule has 1 rings (SSSR count). The van der Waals surface area contributed by atoms with Crippen LogP contribution >= 0.6 is 12.2 Å². The Labute approximate surface area is 53.2 Å². The van der Waals surface area contributed by atoms with Gasteiger partial charge in [0, 0.05) is 7.85 Å². The highest BCUT2D eigenvalue weighted by Gasteiger charge is 1.89. The first-order chi connectivity index (χ1) is 3.83. The van der Waals surface area contributed by atoms with Crippen molar-refractivity contribution < 1.29 is 5.95 Å². The van der Waals surface area contributed by atoms with Crippen molar-refractivity contribution in [2.45, 2.75) is 13.3 Å². The van der Waals surface area contributed by atoms with Crippen molar-refractivity contribution in [3.05, 3.63) is 10.7 Å². The van der Waals surface area contributed by atoms with Crippen LogP contribution in [-0.4, -0.2) is 10.1 Å². The van der Waals surface area contributed by atoms with Gasteiger partial charge in [-0.2, -0.15) is 4.98 Å². The van der Waals surface area contributed by atoms with Gasteiger partial charge in [-0.3, -0.25) is 0 Å². The van der Waals surface area contributed by atoms with Crippen LogP contribution in [0.3, 0.4) is 0 Å². The number of aromatic amines is 1. The first kappa shape index (κ1) is 5.50. The third-order valence-electron chi connectivity index (χ3n) is 0.817. The molecule has 0 unspecified atom stereocenters. The zero-order valence-electron chi connectivity index (χ0n) is 4.47. The van der Waals surface area contributed by atoms with Gasteiger partial charge in [0.15, 0.2) is 0 Å². The lowest BCUT2D eigenvalue weighted by molar-refractivity contribution is 0.399. The van der Waals surface area contributed by atoms with Crippen molar-refractivity contribution in [2.75, 3.05) is 0 Å². The molecule has 1 N–H and O–H groups in total. The molecule has 1 aromatic rings. The normalized spacial score (nSPS) is 9.62. The molecule has 0 amide bonds. The Morgan fingerprint density at radius 2 is 2.75 bits per heavy atom. The molecule has 46 valence electrons. The standard InChI is InChI=1S/C4H6N2OS.H2/c1-2-3-5-4(8)7-6-3;/h2H2,1H3,(H,5,6,8);1H. The van der Waals surface area contributed by atoms with E-state index in [9.17, 15) is 0 Å². The van der Waals surface area contributed by atoms with E-state index < -0.39 is 0 Å². The number of nitrogens with one attached hydrogen (secondary N) is 1. The van der Waals surface area contributed by atoms with E-state index in [-0.39, 0.29) is 6.26 Å². The highest BCUT2D eigenvalue weighted by Crippen LogP contribution is 1.89. The molecule has 0 bridgehead atoms. The lowest BCUT2D eigenvalue weighted by Gasteiger charge is -1.76. The van der Waals surface area contributed by atoms with Gasteiger partial charge in [-0.1, -0.05) is 6.92 Å². The molecule has 4 heteroatoms. The molecule has 0 aromatic carbocycles. The van der Waals surface area contributed by atoms with Crippen molar-refractivity contribution in [2.24, 2.45) is 0 Å². The minimum absolute atomic E-state index is 0. The number of aromatic nitrogens is 2. The molecule has 1 aromatic heterocycles. The monoisotopic (exact) mass is 132 g/mol. The lowest BCUT2D eigenvalue weighted by Crippen LogP contribution is -1.79. The lowest BCUT2D eigenvalue weighted by atomic mass is 10.5. The number of nitrogens with zero attached hydrogens (tertiary/aromatic N) is 1. The Kier molecular flexibility index (Phi) is 1.43. The van der Waals surface area contributed by atoms with Gasteiger partial charge in [-0.05, 0) is 12.2 Å². The largest absolute Gasteiger partial charge is 0.348 e. The first-order valence-corrected chi connectivity index (χ1v) is 2.78.